The Kier molecular flexibility index (Phi) is 5.36. The largest absolute Gasteiger partial charge is 0.477 e. The Morgan fingerprint density at radius 1 is 1.03 bits per heavy atom. The van der Waals surface area contributed by atoms with Crippen molar-refractivity contribution in [3.05, 3.63) is 87.3 Å². The van der Waals surface area contributed by atoms with Crippen LogP contribution in [-0.2, 0) is 13.0 Å². The first-order chi connectivity index (χ1) is 15.1. The summed E-state index contributed by atoms with van der Waals surface area (Å²) in [6.07, 6.45) is 9.02. The first kappa shape index (κ1) is 20.0. The molecule has 5 nitrogen and oxygen atoms in total. The topological polar surface area (TPSA) is 62.0 Å². The van der Waals surface area contributed by atoms with Crippen LogP contribution in [0.2, 0.25) is 0 Å². The lowest BCUT2D eigenvalue weighted by Crippen LogP contribution is -2.40. The van der Waals surface area contributed by atoms with Crippen LogP contribution in [0.15, 0.2) is 59.5 Å². The summed E-state index contributed by atoms with van der Waals surface area (Å²) in [6, 6.07) is 16.3. The highest BCUT2D eigenvalue weighted by Crippen LogP contribution is 2.42. The van der Waals surface area contributed by atoms with Crippen molar-refractivity contribution >= 4 is 11.5 Å². The summed E-state index contributed by atoms with van der Waals surface area (Å²) in [7, 11) is 0. The molecule has 1 atom stereocenters. The molecular weight excluding hydrogens is 388 g/mol. The Labute approximate surface area is 181 Å². The van der Waals surface area contributed by atoms with Crippen molar-refractivity contribution in [3.63, 3.8) is 0 Å². The average Bonchev–Trinajstić information content (AvgIpc) is 2.81. The Morgan fingerprint density at radius 3 is 2.61 bits per heavy atom. The lowest BCUT2D eigenvalue weighted by Gasteiger charge is -2.43. The lowest BCUT2D eigenvalue weighted by atomic mass is 9.77. The Bertz CT molecular complexity index is 1180. The summed E-state index contributed by atoms with van der Waals surface area (Å²) in [5.74, 6) is -0.552. The number of fused-ring (bicyclic) bond motifs is 2. The van der Waals surface area contributed by atoms with E-state index < -0.39 is 11.5 Å². The van der Waals surface area contributed by atoms with Crippen LogP contribution in [0.3, 0.4) is 0 Å². The zero-order chi connectivity index (χ0) is 21.4. The summed E-state index contributed by atoms with van der Waals surface area (Å²) in [5.41, 5.74) is 3.92. The van der Waals surface area contributed by atoms with Gasteiger partial charge in [0.1, 0.15) is 5.56 Å². The second-order valence-corrected chi connectivity index (χ2v) is 8.91. The fraction of sp³-hybridized carbons (Fsp3) is 0.385. The second-order valence-electron chi connectivity index (χ2n) is 8.91. The lowest BCUT2D eigenvalue weighted by molar-refractivity contribution is 0.0694. The number of carboxylic acids is 1. The molecule has 1 aliphatic carbocycles. The highest BCUT2D eigenvalue weighted by atomic mass is 16.4. The first-order valence-corrected chi connectivity index (χ1v) is 11.3. The molecule has 0 bridgehead atoms. The minimum atomic E-state index is -1.17. The van der Waals surface area contributed by atoms with Crippen LogP contribution < -0.4 is 5.56 Å². The van der Waals surface area contributed by atoms with Gasteiger partial charge in [0.05, 0.1) is 5.52 Å². The third-order valence-corrected chi connectivity index (χ3v) is 7.09. The van der Waals surface area contributed by atoms with Gasteiger partial charge < -0.3 is 5.11 Å². The minimum Gasteiger partial charge on any atom is -0.477 e. The van der Waals surface area contributed by atoms with Crippen molar-refractivity contribution in [2.24, 2.45) is 5.92 Å². The van der Waals surface area contributed by atoms with E-state index in [1.807, 2.05) is 12.1 Å². The summed E-state index contributed by atoms with van der Waals surface area (Å²) in [5, 5.41) is 9.61. The van der Waals surface area contributed by atoms with Crippen molar-refractivity contribution in [1.82, 2.24) is 9.30 Å². The molecule has 1 N–H and O–H groups in total. The third-order valence-electron chi connectivity index (χ3n) is 7.09. The molecule has 2 aliphatic rings. The molecule has 0 amide bonds. The van der Waals surface area contributed by atoms with Crippen LogP contribution in [0.25, 0.3) is 5.52 Å². The molecule has 5 heteroatoms. The molecular formula is C26H28N2O3. The predicted molar refractivity (Wildman–Crippen MR) is 120 cm³/mol. The zero-order valence-corrected chi connectivity index (χ0v) is 17.7. The fourth-order valence-corrected chi connectivity index (χ4v) is 5.65. The maximum Gasteiger partial charge on any atom is 0.341 e. The standard InChI is InChI=1S/C26H28N2O3/c29-25-22(26(30)31)16-20(23-12-6-7-14-28(23)25)17-27-15-13-18-8-4-5-11-21(18)24(27)19-9-2-1-3-10-19/h4-8,11-12,14,16,19,24H,1-3,9-10,13,15,17H2,(H,30,31). The highest BCUT2D eigenvalue weighted by molar-refractivity contribution is 5.88. The van der Waals surface area contributed by atoms with E-state index in [1.165, 1.54) is 47.6 Å². The maximum atomic E-state index is 12.7. The number of carbonyl (C=O) groups is 1. The summed E-state index contributed by atoms with van der Waals surface area (Å²) in [6.45, 7) is 1.59. The molecule has 0 radical (unpaired) electrons. The van der Waals surface area contributed by atoms with E-state index in [0.29, 0.717) is 18.5 Å². The van der Waals surface area contributed by atoms with Gasteiger partial charge in [-0.15, -0.1) is 0 Å². The Morgan fingerprint density at radius 2 is 1.81 bits per heavy atom. The van der Waals surface area contributed by atoms with Gasteiger partial charge in [-0.05, 0) is 60.1 Å². The van der Waals surface area contributed by atoms with Crippen molar-refractivity contribution in [1.29, 1.82) is 0 Å². The van der Waals surface area contributed by atoms with Gasteiger partial charge in [-0.2, -0.15) is 0 Å². The van der Waals surface area contributed by atoms with Gasteiger partial charge in [0.2, 0.25) is 0 Å². The number of benzene rings is 1. The van der Waals surface area contributed by atoms with Gasteiger partial charge in [0, 0.05) is 25.3 Å². The van der Waals surface area contributed by atoms with E-state index in [-0.39, 0.29) is 5.56 Å². The number of aromatic carboxylic acids is 1. The van der Waals surface area contributed by atoms with E-state index in [9.17, 15) is 14.7 Å². The van der Waals surface area contributed by atoms with Gasteiger partial charge in [-0.1, -0.05) is 49.6 Å². The number of aromatic nitrogens is 1. The van der Waals surface area contributed by atoms with E-state index >= 15 is 0 Å². The minimum absolute atomic E-state index is 0.162. The van der Waals surface area contributed by atoms with Crippen molar-refractivity contribution < 1.29 is 9.90 Å². The van der Waals surface area contributed by atoms with E-state index in [4.69, 9.17) is 0 Å². The predicted octanol–water partition coefficient (Wildman–Crippen LogP) is 4.68. The molecule has 5 rings (SSSR count). The number of hydrogen-bond acceptors (Lipinski definition) is 3. The number of hydrogen-bond donors (Lipinski definition) is 1. The quantitative estimate of drug-likeness (QED) is 0.671. The maximum absolute atomic E-state index is 12.7. The summed E-state index contributed by atoms with van der Waals surface area (Å²) >= 11 is 0. The van der Waals surface area contributed by atoms with Crippen molar-refractivity contribution in [2.45, 2.75) is 51.1 Å². The van der Waals surface area contributed by atoms with Gasteiger partial charge in [-0.25, -0.2) is 4.79 Å². The highest BCUT2D eigenvalue weighted by Gasteiger charge is 2.34. The van der Waals surface area contributed by atoms with E-state index in [1.54, 1.807) is 18.3 Å². The number of rotatable bonds is 4. The molecule has 160 valence electrons. The second kappa shape index (κ2) is 8.31. The monoisotopic (exact) mass is 416 g/mol. The molecule has 31 heavy (non-hydrogen) atoms. The van der Waals surface area contributed by atoms with Crippen LogP contribution in [0.5, 0.6) is 0 Å². The third kappa shape index (κ3) is 3.68. The number of pyridine rings is 2. The molecule has 2 aromatic heterocycles. The molecule has 0 saturated heterocycles. The number of nitrogens with zero attached hydrogens (tertiary/aromatic N) is 2. The van der Waals surface area contributed by atoms with Gasteiger partial charge >= 0.3 is 5.97 Å². The molecule has 1 saturated carbocycles. The van der Waals surface area contributed by atoms with Crippen LogP contribution in [0, 0.1) is 5.92 Å². The average molecular weight is 417 g/mol. The molecule has 1 unspecified atom stereocenters. The Hall–Kier alpha value is -2.92. The number of carboxylic acid groups (broad SMARTS) is 1. The van der Waals surface area contributed by atoms with Gasteiger partial charge in [0.25, 0.3) is 5.56 Å². The molecule has 1 aromatic carbocycles. The molecule has 1 fully saturated rings. The zero-order valence-electron chi connectivity index (χ0n) is 17.7. The van der Waals surface area contributed by atoms with Crippen molar-refractivity contribution in [2.75, 3.05) is 6.54 Å². The van der Waals surface area contributed by atoms with Crippen molar-refractivity contribution in [3.8, 4) is 0 Å². The van der Waals surface area contributed by atoms with Crippen LogP contribution in [0.4, 0.5) is 0 Å². The fourth-order valence-electron chi connectivity index (χ4n) is 5.65. The summed E-state index contributed by atoms with van der Waals surface area (Å²) in [4.78, 5) is 26.9. The van der Waals surface area contributed by atoms with Crippen LogP contribution in [-0.4, -0.2) is 26.9 Å². The van der Waals surface area contributed by atoms with Crippen LogP contribution >= 0.6 is 0 Å². The SMILES string of the molecule is O=C(O)c1cc(CN2CCc3ccccc3C2C2CCCCC2)c2ccccn2c1=O. The smallest absolute Gasteiger partial charge is 0.341 e. The van der Waals surface area contributed by atoms with Gasteiger partial charge in [-0.3, -0.25) is 14.1 Å². The van der Waals surface area contributed by atoms with Gasteiger partial charge in [0.15, 0.2) is 0 Å². The molecule has 1 aliphatic heterocycles. The summed E-state index contributed by atoms with van der Waals surface area (Å²) < 4.78 is 1.48. The van der Waals surface area contributed by atoms with E-state index in [0.717, 1.165) is 24.0 Å². The normalized spacial score (nSPS) is 19.9. The van der Waals surface area contributed by atoms with E-state index in [2.05, 4.69) is 29.2 Å². The molecule has 3 heterocycles. The first-order valence-electron chi connectivity index (χ1n) is 11.3. The molecule has 0 spiro atoms. The Balaban J connectivity index is 1.58. The molecule has 3 aromatic rings. The van der Waals surface area contributed by atoms with Crippen LogP contribution in [0.1, 0.15) is 65.2 Å².